The van der Waals surface area contributed by atoms with E-state index in [9.17, 15) is 28.3 Å². The number of aromatic nitrogens is 2. The Hall–Kier alpha value is -3.83. The Labute approximate surface area is 215 Å². The van der Waals surface area contributed by atoms with E-state index in [0.29, 0.717) is 16.9 Å². The van der Waals surface area contributed by atoms with E-state index in [1.807, 2.05) is 0 Å². The Morgan fingerprint density at radius 3 is 2.51 bits per heavy atom. The molecule has 2 aromatic carbocycles. The molecule has 0 unspecified atom stereocenters. The molecule has 1 N–H and O–H groups in total. The molecule has 37 heavy (non-hydrogen) atoms. The first-order valence-electron chi connectivity index (χ1n) is 11.1. The van der Waals surface area contributed by atoms with Crippen LogP contribution in [0.4, 0.5) is 20.2 Å². The van der Waals surface area contributed by atoms with E-state index in [4.69, 9.17) is 16.3 Å². The Morgan fingerprint density at radius 1 is 1.14 bits per heavy atom. The van der Waals surface area contributed by atoms with Crippen molar-refractivity contribution in [3.8, 4) is 5.88 Å². The van der Waals surface area contributed by atoms with Crippen molar-refractivity contribution >= 4 is 34.8 Å². The molecule has 0 bridgehead atoms. The van der Waals surface area contributed by atoms with Crippen LogP contribution in [0, 0.1) is 11.6 Å². The number of hydrogen-bond acceptors (Lipinski definition) is 6. The Morgan fingerprint density at radius 2 is 1.86 bits per heavy atom. The molecule has 0 spiro atoms. The fourth-order valence-corrected chi connectivity index (χ4v) is 4.03. The van der Waals surface area contributed by atoms with E-state index in [2.05, 4.69) is 4.98 Å². The van der Waals surface area contributed by atoms with Gasteiger partial charge in [-0.3, -0.25) is 28.8 Å². The van der Waals surface area contributed by atoms with Gasteiger partial charge in [-0.1, -0.05) is 17.7 Å². The highest BCUT2D eigenvalue weighted by Gasteiger charge is 2.38. The van der Waals surface area contributed by atoms with Gasteiger partial charge in [0, 0.05) is 18.6 Å². The van der Waals surface area contributed by atoms with Gasteiger partial charge in [-0.25, -0.2) is 13.8 Å². The number of anilines is 2. The Kier molecular flexibility index (Phi) is 7.03. The number of carbonyl (C=O) groups excluding carboxylic acids is 2. The van der Waals surface area contributed by atoms with Crippen molar-refractivity contribution in [1.82, 2.24) is 9.55 Å². The first-order chi connectivity index (χ1) is 17.4. The standard InChI is InChI=1S/C25H23ClF2N4O5/c1-14(33)31-13-32(24(35)25(2,3)36)19-7-4-15(8-20(19)31)10-30-12-29-22(21(26)23(30)34)37-11-16-5-6-17(27)9-18(16)28/h4-9,12,36H,10-11,13H2,1-3H3. The second-order valence-electron chi connectivity index (χ2n) is 9.02. The number of rotatable bonds is 6. The van der Waals surface area contributed by atoms with E-state index in [1.165, 1.54) is 47.5 Å². The van der Waals surface area contributed by atoms with Crippen molar-refractivity contribution in [2.24, 2.45) is 0 Å². The zero-order valence-corrected chi connectivity index (χ0v) is 20.9. The third-order valence-electron chi connectivity index (χ3n) is 5.74. The van der Waals surface area contributed by atoms with Crippen LogP contribution in [0.25, 0.3) is 0 Å². The minimum absolute atomic E-state index is 0.0386. The summed E-state index contributed by atoms with van der Waals surface area (Å²) >= 11 is 6.16. The lowest BCUT2D eigenvalue weighted by molar-refractivity contribution is -0.133. The molecular weight excluding hydrogens is 510 g/mol. The van der Waals surface area contributed by atoms with Crippen LogP contribution >= 0.6 is 11.6 Å². The number of hydrogen-bond donors (Lipinski definition) is 1. The Balaban J connectivity index is 1.57. The van der Waals surface area contributed by atoms with Crippen LogP contribution in [0.15, 0.2) is 47.5 Å². The Bertz CT molecular complexity index is 1450. The number of halogens is 3. The summed E-state index contributed by atoms with van der Waals surface area (Å²) in [5, 5.41) is 9.84. The van der Waals surface area contributed by atoms with Crippen LogP contribution in [0.3, 0.4) is 0 Å². The summed E-state index contributed by atoms with van der Waals surface area (Å²) < 4.78 is 33.5. The van der Waals surface area contributed by atoms with Gasteiger partial charge >= 0.3 is 0 Å². The largest absolute Gasteiger partial charge is 0.471 e. The second kappa shape index (κ2) is 9.91. The number of benzene rings is 2. The molecule has 2 heterocycles. The number of fused-ring (bicyclic) bond motifs is 1. The van der Waals surface area contributed by atoms with Crippen LogP contribution in [0.1, 0.15) is 31.9 Å². The lowest BCUT2D eigenvalue weighted by atomic mass is 10.1. The molecule has 12 heteroatoms. The number of carbonyl (C=O) groups is 2. The molecule has 9 nitrogen and oxygen atoms in total. The molecule has 0 aliphatic carbocycles. The fourth-order valence-electron chi connectivity index (χ4n) is 3.82. The first kappa shape index (κ1) is 26.2. The third-order valence-corrected chi connectivity index (χ3v) is 6.06. The SMILES string of the molecule is CC(=O)N1CN(C(=O)C(C)(C)O)c2ccc(Cn3cnc(OCc4ccc(F)cc4F)c(Cl)c3=O)cc21. The van der Waals surface area contributed by atoms with Crippen molar-refractivity contribution < 1.29 is 28.2 Å². The summed E-state index contributed by atoms with van der Waals surface area (Å²) in [5.74, 6) is -2.60. The molecule has 3 aromatic rings. The zero-order chi connectivity index (χ0) is 27.1. The predicted octanol–water partition coefficient (Wildman–Crippen LogP) is 3.23. The fraction of sp³-hybridized carbons (Fsp3) is 0.280. The summed E-state index contributed by atoms with van der Waals surface area (Å²) in [6.07, 6.45) is 1.21. The molecule has 0 atom stereocenters. The van der Waals surface area contributed by atoms with E-state index >= 15 is 0 Å². The molecule has 0 fully saturated rings. The maximum Gasteiger partial charge on any atom is 0.276 e. The normalized spacial score (nSPS) is 13.1. The van der Waals surface area contributed by atoms with Gasteiger partial charge < -0.3 is 9.84 Å². The molecule has 4 rings (SSSR count). The van der Waals surface area contributed by atoms with Gasteiger partial charge in [0.05, 0.1) is 17.9 Å². The topological polar surface area (TPSA) is 105 Å². The van der Waals surface area contributed by atoms with Gasteiger partial charge in [0.25, 0.3) is 11.5 Å². The molecule has 2 amide bonds. The summed E-state index contributed by atoms with van der Waals surface area (Å²) in [4.78, 5) is 44.5. The van der Waals surface area contributed by atoms with Crippen molar-refractivity contribution in [2.75, 3.05) is 16.5 Å². The van der Waals surface area contributed by atoms with Crippen molar-refractivity contribution in [2.45, 2.75) is 39.5 Å². The highest BCUT2D eigenvalue weighted by molar-refractivity contribution is 6.31. The molecule has 1 aliphatic heterocycles. The lowest BCUT2D eigenvalue weighted by Gasteiger charge is -2.25. The third kappa shape index (κ3) is 5.32. The maximum atomic E-state index is 13.8. The maximum absolute atomic E-state index is 13.8. The average Bonchev–Trinajstić information content (AvgIpc) is 3.20. The molecule has 1 aromatic heterocycles. The number of amides is 2. The van der Waals surface area contributed by atoms with Crippen LogP contribution in [0.2, 0.25) is 5.02 Å². The first-order valence-corrected chi connectivity index (χ1v) is 11.5. The molecule has 0 saturated heterocycles. The van der Waals surface area contributed by atoms with Crippen LogP contribution in [-0.2, 0) is 22.7 Å². The monoisotopic (exact) mass is 532 g/mol. The van der Waals surface area contributed by atoms with Gasteiger partial charge in [0.2, 0.25) is 11.8 Å². The van der Waals surface area contributed by atoms with E-state index < -0.39 is 28.7 Å². The number of aliphatic hydroxyl groups is 1. The number of ether oxygens (including phenoxy) is 1. The highest BCUT2D eigenvalue weighted by Crippen LogP contribution is 2.38. The highest BCUT2D eigenvalue weighted by atomic mass is 35.5. The molecule has 194 valence electrons. The summed E-state index contributed by atoms with van der Waals surface area (Å²) in [7, 11) is 0. The van der Waals surface area contributed by atoms with Crippen molar-refractivity contribution in [3.05, 3.63) is 80.9 Å². The average molecular weight is 533 g/mol. The van der Waals surface area contributed by atoms with Gasteiger partial charge in [-0.05, 0) is 43.7 Å². The zero-order valence-electron chi connectivity index (χ0n) is 20.2. The minimum atomic E-state index is -1.63. The smallest absolute Gasteiger partial charge is 0.276 e. The van der Waals surface area contributed by atoms with E-state index in [0.717, 1.165) is 12.1 Å². The van der Waals surface area contributed by atoms with Crippen molar-refractivity contribution in [3.63, 3.8) is 0 Å². The van der Waals surface area contributed by atoms with E-state index in [-0.39, 0.29) is 42.2 Å². The van der Waals surface area contributed by atoms with Crippen LogP contribution in [0.5, 0.6) is 5.88 Å². The van der Waals surface area contributed by atoms with Gasteiger partial charge in [0.1, 0.15) is 36.8 Å². The van der Waals surface area contributed by atoms with Gasteiger partial charge in [0.15, 0.2) is 5.02 Å². The summed E-state index contributed by atoms with van der Waals surface area (Å²) in [5.41, 5.74) is -0.667. The van der Waals surface area contributed by atoms with Crippen molar-refractivity contribution in [1.29, 1.82) is 0 Å². The van der Waals surface area contributed by atoms with Crippen LogP contribution < -0.4 is 20.1 Å². The summed E-state index contributed by atoms with van der Waals surface area (Å²) in [6.45, 7) is 3.77. The molecule has 0 radical (unpaired) electrons. The van der Waals surface area contributed by atoms with Gasteiger partial charge in [-0.2, -0.15) is 0 Å². The molecule has 1 aliphatic rings. The molecular formula is C25H23ClF2N4O5. The molecule has 0 saturated carbocycles. The van der Waals surface area contributed by atoms with E-state index in [1.54, 1.807) is 18.2 Å². The second-order valence-corrected chi connectivity index (χ2v) is 9.40. The summed E-state index contributed by atoms with van der Waals surface area (Å²) in [6, 6.07) is 7.99. The predicted molar refractivity (Wildman–Crippen MR) is 132 cm³/mol. The quantitative estimate of drug-likeness (QED) is 0.522. The minimum Gasteiger partial charge on any atom is -0.471 e. The number of nitrogens with zero attached hydrogens (tertiary/aromatic N) is 4. The van der Waals surface area contributed by atoms with Crippen LogP contribution in [-0.4, -0.2) is 38.7 Å². The van der Waals surface area contributed by atoms with Gasteiger partial charge in [-0.15, -0.1) is 0 Å². The lowest BCUT2D eigenvalue weighted by Crippen LogP contribution is -2.47.